The lowest BCUT2D eigenvalue weighted by atomic mass is 10.1. The summed E-state index contributed by atoms with van der Waals surface area (Å²) in [4.78, 5) is 11.6. The van der Waals surface area contributed by atoms with Gasteiger partial charge in [-0.2, -0.15) is 0 Å². The monoisotopic (exact) mass is 276 g/mol. The number of nitrogens with one attached hydrogen (secondary N) is 1. The summed E-state index contributed by atoms with van der Waals surface area (Å²) in [6, 6.07) is 7.04. The van der Waals surface area contributed by atoms with E-state index in [9.17, 15) is 10.1 Å². The van der Waals surface area contributed by atoms with E-state index in [0.29, 0.717) is 0 Å². The van der Waals surface area contributed by atoms with Crippen LogP contribution in [0.2, 0.25) is 0 Å². The van der Waals surface area contributed by atoms with Gasteiger partial charge in [0.05, 0.1) is 4.92 Å². The Morgan fingerprint density at radius 1 is 1.37 bits per heavy atom. The van der Waals surface area contributed by atoms with Crippen molar-refractivity contribution < 1.29 is 4.92 Å². The molecule has 0 spiro atoms. The van der Waals surface area contributed by atoms with Crippen molar-refractivity contribution in [1.82, 2.24) is 0 Å². The number of hydrogen-bond donors (Lipinski definition) is 1. The Bertz CT molecular complexity index is 593. The zero-order valence-corrected chi connectivity index (χ0v) is 11.8. The van der Waals surface area contributed by atoms with Gasteiger partial charge in [-0.05, 0) is 42.0 Å². The van der Waals surface area contributed by atoms with E-state index in [1.807, 2.05) is 6.92 Å². The first kappa shape index (κ1) is 13.5. The molecule has 0 bridgehead atoms. The van der Waals surface area contributed by atoms with Gasteiger partial charge in [0.25, 0.3) is 5.69 Å². The van der Waals surface area contributed by atoms with E-state index in [2.05, 4.69) is 23.7 Å². The van der Waals surface area contributed by atoms with Gasteiger partial charge in [0.15, 0.2) is 0 Å². The van der Waals surface area contributed by atoms with Crippen LogP contribution in [-0.2, 0) is 13.0 Å². The van der Waals surface area contributed by atoms with E-state index in [0.717, 1.165) is 24.2 Å². The number of aryl methyl sites for hydroxylation is 2. The molecule has 0 amide bonds. The van der Waals surface area contributed by atoms with E-state index in [-0.39, 0.29) is 10.6 Å². The zero-order valence-electron chi connectivity index (χ0n) is 11.0. The summed E-state index contributed by atoms with van der Waals surface area (Å²) in [6.45, 7) is 4.78. The van der Waals surface area contributed by atoms with Crippen LogP contribution >= 0.6 is 11.3 Å². The van der Waals surface area contributed by atoms with Crippen LogP contribution < -0.4 is 5.32 Å². The molecule has 100 valence electrons. The largest absolute Gasteiger partial charge is 0.380 e. The third-order valence-corrected chi connectivity index (χ3v) is 4.04. The number of hydrogen-bond acceptors (Lipinski definition) is 4. The number of rotatable bonds is 5. The number of nitro benzene ring substituents is 1. The van der Waals surface area contributed by atoms with E-state index in [1.165, 1.54) is 16.5 Å². The first-order valence-electron chi connectivity index (χ1n) is 6.16. The molecular weight excluding hydrogens is 260 g/mol. The summed E-state index contributed by atoms with van der Waals surface area (Å²) in [7, 11) is 0. The molecule has 0 aliphatic rings. The van der Waals surface area contributed by atoms with Crippen LogP contribution in [0.5, 0.6) is 0 Å². The molecule has 1 aromatic heterocycles. The molecule has 1 heterocycles. The topological polar surface area (TPSA) is 55.2 Å². The summed E-state index contributed by atoms with van der Waals surface area (Å²) in [5, 5.41) is 16.1. The lowest BCUT2D eigenvalue weighted by Gasteiger charge is -2.09. The van der Waals surface area contributed by atoms with Gasteiger partial charge in [-0.15, -0.1) is 11.3 Å². The fraction of sp³-hybridized carbons (Fsp3) is 0.286. The SMILES string of the molecule is CCc1ccsc1CNc1ccc([N+](=O)[O-])cc1C. The highest BCUT2D eigenvalue weighted by molar-refractivity contribution is 7.10. The minimum Gasteiger partial charge on any atom is -0.380 e. The molecule has 0 atom stereocenters. The maximum atomic E-state index is 10.7. The van der Waals surface area contributed by atoms with Gasteiger partial charge in [0.1, 0.15) is 0 Å². The molecule has 1 aromatic carbocycles. The number of nitrogens with zero attached hydrogens (tertiary/aromatic N) is 1. The van der Waals surface area contributed by atoms with E-state index in [1.54, 1.807) is 23.5 Å². The minimum atomic E-state index is -0.370. The lowest BCUT2D eigenvalue weighted by Crippen LogP contribution is -2.01. The highest BCUT2D eigenvalue weighted by atomic mass is 32.1. The van der Waals surface area contributed by atoms with E-state index >= 15 is 0 Å². The standard InChI is InChI=1S/C14H16N2O2S/c1-3-11-6-7-19-14(11)9-15-13-5-4-12(16(17)18)8-10(13)2/h4-8,15H,3,9H2,1-2H3. The molecule has 0 aliphatic heterocycles. The van der Waals surface area contributed by atoms with Gasteiger partial charge in [0, 0.05) is 29.2 Å². The maximum absolute atomic E-state index is 10.7. The predicted octanol–water partition coefficient (Wildman–Crippen LogP) is 4.14. The maximum Gasteiger partial charge on any atom is 0.269 e. The molecule has 0 fully saturated rings. The molecule has 1 N–H and O–H groups in total. The smallest absolute Gasteiger partial charge is 0.269 e. The Morgan fingerprint density at radius 2 is 2.16 bits per heavy atom. The predicted molar refractivity (Wildman–Crippen MR) is 78.9 cm³/mol. The molecule has 2 aromatic rings. The van der Waals surface area contributed by atoms with Crippen LogP contribution in [-0.4, -0.2) is 4.92 Å². The molecular formula is C14H16N2O2S. The normalized spacial score (nSPS) is 10.4. The Morgan fingerprint density at radius 3 is 2.79 bits per heavy atom. The van der Waals surface area contributed by atoms with Crippen LogP contribution in [0.25, 0.3) is 0 Å². The summed E-state index contributed by atoms with van der Waals surface area (Å²) in [5.74, 6) is 0. The number of thiophene rings is 1. The van der Waals surface area contributed by atoms with Gasteiger partial charge in [-0.1, -0.05) is 6.92 Å². The van der Waals surface area contributed by atoms with Gasteiger partial charge >= 0.3 is 0 Å². The molecule has 19 heavy (non-hydrogen) atoms. The molecule has 0 unspecified atom stereocenters. The summed E-state index contributed by atoms with van der Waals surface area (Å²) in [6.07, 6.45) is 1.03. The average molecular weight is 276 g/mol. The summed E-state index contributed by atoms with van der Waals surface area (Å²) in [5.41, 5.74) is 3.33. The van der Waals surface area contributed by atoms with Crippen LogP contribution in [0, 0.1) is 17.0 Å². The minimum absolute atomic E-state index is 0.133. The highest BCUT2D eigenvalue weighted by Crippen LogP contribution is 2.23. The first-order chi connectivity index (χ1) is 9.11. The van der Waals surface area contributed by atoms with Gasteiger partial charge in [0.2, 0.25) is 0 Å². The Labute approximate surface area is 116 Å². The van der Waals surface area contributed by atoms with Crippen LogP contribution in [0.15, 0.2) is 29.6 Å². The number of benzene rings is 1. The van der Waals surface area contributed by atoms with Crippen molar-refractivity contribution in [3.8, 4) is 0 Å². The van der Waals surface area contributed by atoms with E-state index in [4.69, 9.17) is 0 Å². The Hall–Kier alpha value is -1.88. The molecule has 2 rings (SSSR count). The van der Waals surface area contributed by atoms with Crippen LogP contribution in [0.1, 0.15) is 22.9 Å². The summed E-state index contributed by atoms with van der Waals surface area (Å²) >= 11 is 1.74. The zero-order chi connectivity index (χ0) is 13.8. The van der Waals surface area contributed by atoms with Crippen LogP contribution in [0.3, 0.4) is 0 Å². The average Bonchev–Trinajstić information content (AvgIpc) is 2.84. The van der Waals surface area contributed by atoms with Crippen molar-refractivity contribution in [3.05, 3.63) is 55.8 Å². The van der Waals surface area contributed by atoms with Crippen LogP contribution in [0.4, 0.5) is 11.4 Å². The second kappa shape index (κ2) is 5.84. The van der Waals surface area contributed by atoms with E-state index < -0.39 is 0 Å². The second-order valence-corrected chi connectivity index (χ2v) is 5.33. The van der Waals surface area contributed by atoms with Crippen molar-refractivity contribution in [1.29, 1.82) is 0 Å². The summed E-state index contributed by atoms with van der Waals surface area (Å²) < 4.78 is 0. The van der Waals surface area contributed by atoms with Gasteiger partial charge in [-0.25, -0.2) is 0 Å². The Balaban J connectivity index is 2.10. The van der Waals surface area contributed by atoms with Crippen molar-refractivity contribution in [2.75, 3.05) is 5.32 Å². The van der Waals surface area contributed by atoms with Crippen molar-refractivity contribution in [2.24, 2.45) is 0 Å². The fourth-order valence-electron chi connectivity index (χ4n) is 1.97. The highest BCUT2D eigenvalue weighted by Gasteiger charge is 2.08. The molecule has 0 radical (unpaired) electrons. The number of non-ortho nitro benzene ring substituents is 1. The van der Waals surface area contributed by atoms with Gasteiger partial charge in [-0.3, -0.25) is 10.1 Å². The van der Waals surface area contributed by atoms with Crippen molar-refractivity contribution in [3.63, 3.8) is 0 Å². The molecule has 0 saturated carbocycles. The molecule has 0 saturated heterocycles. The quantitative estimate of drug-likeness (QED) is 0.659. The molecule has 0 aliphatic carbocycles. The molecule has 5 heteroatoms. The van der Waals surface area contributed by atoms with Crippen molar-refractivity contribution >= 4 is 22.7 Å². The Kier molecular flexibility index (Phi) is 4.16. The number of anilines is 1. The second-order valence-electron chi connectivity index (χ2n) is 4.33. The third-order valence-electron chi connectivity index (χ3n) is 3.08. The van der Waals surface area contributed by atoms with Crippen molar-refractivity contribution in [2.45, 2.75) is 26.8 Å². The molecule has 4 nitrogen and oxygen atoms in total. The number of nitro groups is 1. The third kappa shape index (κ3) is 3.12. The lowest BCUT2D eigenvalue weighted by molar-refractivity contribution is -0.384. The fourth-order valence-corrected chi connectivity index (χ4v) is 2.89. The first-order valence-corrected chi connectivity index (χ1v) is 7.04. The van der Waals surface area contributed by atoms with Gasteiger partial charge < -0.3 is 5.32 Å².